The first-order valence-corrected chi connectivity index (χ1v) is 4.38. The van der Waals surface area contributed by atoms with Gasteiger partial charge in [-0.2, -0.15) is 0 Å². The van der Waals surface area contributed by atoms with E-state index in [-0.39, 0.29) is 6.10 Å². The SMILES string of the molecule is CCC(C)CCC(O)CC. The predicted octanol–water partition coefficient (Wildman–Crippen LogP) is 2.58. The van der Waals surface area contributed by atoms with E-state index < -0.39 is 0 Å². The van der Waals surface area contributed by atoms with Crippen molar-refractivity contribution in [3.05, 3.63) is 0 Å². The van der Waals surface area contributed by atoms with Gasteiger partial charge < -0.3 is 5.11 Å². The molecule has 0 aliphatic heterocycles. The maximum Gasteiger partial charge on any atom is 0.0537 e. The molecule has 0 aromatic heterocycles. The van der Waals surface area contributed by atoms with Gasteiger partial charge in [-0.1, -0.05) is 27.2 Å². The standard InChI is InChI=1S/C9H20O/c1-4-8(3)6-7-9(10)5-2/h8-10H,4-7H2,1-3H3. The number of rotatable bonds is 5. The van der Waals surface area contributed by atoms with E-state index >= 15 is 0 Å². The number of aliphatic hydroxyl groups excluding tert-OH is 1. The highest BCUT2D eigenvalue weighted by atomic mass is 16.3. The first-order chi connectivity index (χ1) is 4.70. The second-order valence-electron chi connectivity index (χ2n) is 3.15. The molecule has 0 amide bonds. The molecule has 0 aliphatic carbocycles. The number of aliphatic hydroxyl groups is 1. The normalized spacial score (nSPS) is 16.8. The Labute approximate surface area is 64.5 Å². The molecule has 0 bridgehead atoms. The van der Waals surface area contributed by atoms with Crippen LogP contribution in [0.25, 0.3) is 0 Å². The van der Waals surface area contributed by atoms with Crippen LogP contribution >= 0.6 is 0 Å². The second kappa shape index (κ2) is 5.72. The van der Waals surface area contributed by atoms with Crippen LogP contribution in [-0.2, 0) is 0 Å². The Kier molecular flexibility index (Phi) is 5.70. The second-order valence-corrected chi connectivity index (χ2v) is 3.15. The van der Waals surface area contributed by atoms with Crippen LogP contribution in [0.15, 0.2) is 0 Å². The lowest BCUT2D eigenvalue weighted by atomic mass is 10.00. The van der Waals surface area contributed by atoms with Crippen molar-refractivity contribution in [2.75, 3.05) is 0 Å². The van der Waals surface area contributed by atoms with Crippen LogP contribution in [0, 0.1) is 5.92 Å². The molecule has 1 nitrogen and oxygen atoms in total. The first-order valence-electron chi connectivity index (χ1n) is 4.38. The van der Waals surface area contributed by atoms with E-state index in [1.54, 1.807) is 0 Å². The van der Waals surface area contributed by atoms with E-state index in [2.05, 4.69) is 13.8 Å². The fraction of sp³-hybridized carbons (Fsp3) is 1.00. The predicted molar refractivity (Wildman–Crippen MR) is 45.0 cm³/mol. The average molecular weight is 144 g/mol. The van der Waals surface area contributed by atoms with Crippen molar-refractivity contribution in [1.29, 1.82) is 0 Å². The molecule has 0 rings (SSSR count). The smallest absolute Gasteiger partial charge is 0.0537 e. The summed E-state index contributed by atoms with van der Waals surface area (Å²) < 4.78 is 0. The zero-order valence-corrected chi connectivity index (χ0v) is 7.43. The number of hydrogen-bond donors (Lipinski definition) is 1. The Morgan fingerprint density at radius 2 is 1.70 bits per heavy atom. The summed E-state index contributed by atoms with van der Waals surface area (Å²) in [4.78, 5) is 0. The average Bonchev–Trinajstić information content (AvgIpc) is 1.99. The summed E-state index contributed by atoms with van der Waals surface area (Å²) in [5.74, 6) is 0.779. The highest BCUT2D eigenvalue weighted by Crippen LogP contribution is 2.12. The van der Waals surface area contributed by atoms with Crippen molar-refractivity contribution in [3.63, 3.8) is 0 Å². The Hall–Kier alpha value is -0.0400. The van der Waals surface area contributed by atoms with Crippen molar-refractivity contribution in [2.45, 2.75) is 52.6 Å². The highest BCUT2D eigenvalue weighted by Gasteiger charge is 2.03. The molecule has 2 atom stereocenters. The van der Waals surface area contributed by atoms with Crippen LogP contribution in [0.1, 0.15) is 46.5 Å². The van der Waals surface area contributed by atoms with E-state index in [0.717, 1.165) is 18.8 Å². The van der Waals surface area contributed by atoms with E-state index in [9.17, 15) is 5.11 Å². The van der Waals surface area contributed by atoms with Crippen LogP contribution in [0.3, 0.4) is 0 Å². The van der Waals surface area contributed by atoms with Gasteiger partial charge in [0, 0.05) is 0 Å². The minimum absolute atomic E-state index is 0.0611. The summed E-state index contributed by atoms with van der Waals surface area (Å²) in [6, 6.07) is 0. The van der Waals surface area contributed by atoms with Gasteiger partial charge in [-0.15, -0.1) is 0 Å². The zero-order valence-electron chi connectivity index (χ0n) is 7.43. The van der Waals surface area contributed by atoms with Crippen LogP contribution < -0.4 is 0 Å². The summed E-state index contributed by atoms with van der Waals surface area (Å²) in [5.41, 5.74) is 0. The monoisotopic (exact) mass is 144 g/mol. The molecule has 10 heavy (non-hydrogen) atoms. The van der Waals surface area contributed by atoms with Gasteiger partial charge >= 0.3 is 0 Å². The van der Waals surface area contributed by atoms with Crippen molar-refractivity contribution >= 4 is 0 Å². The molecule has 0 heterocycles. The van der Waals surface area contributed by atoms with Gasteiger partial charge in [-0.05, 0) is 25.2 Å². The molecular weight excluding hydrogens is 124 g/mol. The van der Waals surface area contributed by atoms with E-state index in [1.807, 2.05) is 6.92 Å². The highest BCUT2D eigenvalue weighted by molar-refractivity contribution is 4.56. The van der Waals surface area contributed by atoms with Crippen LogP contribution in [-0.4, -0.2) is 11.2 Å². The van der Waals surface area contributed by atoms with Gasteiger partial charge in [0.15, 0.2) is 0 Å². The molecule has 1 N–H and O–H groups in total. The molecule has 0 aromatic carbocycles. The van der Waals surface area contributed by atoms with Gasteiger partial charge in [0.25, 0.3) is 0 Å². The van der Waals surface area contributed by atoms with Gasteiger partial charge in [-0.25, -0.2) is 0 Å². The Balaban J connectivity index is 3.17. The summed E-state index contributed by atoms with van der Waals surface area (Å²) in [5, 5.41) is 9.20. The first kappa shape index (κ1) is 9.96. The maximum atomic E-state index is 9.20. The zero-order chi connectivity index (χ0) is 7.98. The Morgan fingerprint density at radius 1 is 1.10 bits per heavy atom. The van der Waals surface area contributed by atoms with Crippen LogP contribution in [0.4, 0.5) is 0 Å². The fourth-order valence-electron chi connectivity index (χ4n) is 0.885. The fourth-order valence-corrected chi connectivity index (χ4v) is 0.885. The van der Waals surface area contributed by atoms with Crippen LogP contribution in [0.2, 0.25) is 0 Å². The number of hydrogen-bond acceptors (Lipinski definition) is 1. The van der Waals surface area contributed by atoms with E-state index in [4.69, 9.17) is 0 Å². The van der Waals surface area contributed by atoms with Gasteiger partial charge in [0.05, 0.1) is 6.10 Å². The van der Waals surface area contributed by atoms with Gasteiger partial charge in [0.2, 0.25) is 0 Å². The molecule has 0 spiro atoms. The molecule has 0 aromatic rings. The lowest BCUT2D eigenvalue weighted by Crippen LogP contribution is -2.06. The lowest BCUT2D eigenvalue weighted by Gasteiger charge is -2.10. The summed E-state index contributed by atoms with van der Waals surface area (Å²) in [6.07, 6.45) is 4.22. The molecule has 2 unspecified atom stereocenters. The minimum Gasteiger partial charge on any atom is -0.393 e. The molecule has 0 radical (unpaired) electrons. The molecule has 0 aliphatic rings. The molecule has 0 saturated carbocycles. The van der Waals surface area contributed by atoms with Gasteiger partial charge in [0.1, 0.15) is 0 Å². The van der Waals surface area contributed by atoms with Crippen molar-refractivity contribution in [2.24, 2.45) is 5.92 Å². The molecule has 1 heteroatoms. The largest absolute Gasteiger partial charge is 0.393 e. The third-order valence-electron chi connectivity index (χ3n) is 2.16. The van der Waals surface area contributed by atoms with E-state index in [0.29, 0.717) is 0 Å². The summed E-state index contributed by atoms with van der Waals surface area (Å²) in [6.45, 7) is 6.46. The molecule has 0 fully saturated rings. The molecular formula is C9H20O. The third kappa shape index (κ3) is 4.80. The van der Waals surface area contributed by atoms with Crippen molar-refractivity contribution < 1.29 is 5.11 Å². The summed E-state index contributed by atoms with van der Waals surface area (Å²) in [7, 11) is 0. The Bertz CT molecular complexity index is 61.1. The molecule has 0 saturated heterocycles. The lowest BCUT2D eigenvalue weighted by molar-refractivity contribution is 0.151. The quantitative estimate of drug-likeness (QED) is 0.628. The maximum absolute atomic E-state index is 9.20. The summed E-state index contributed by atoms with van der Waals surface area (Å²) >= 11 is 0. The third-order valence-corrected chi connectivity index (χ3v) is 2.16. The van der Waals surface area contributed by atoms with Crippen LogP contribution in [0.5, 0.6) is 0 Å². The van der Waals surface area contributed by atoms with Crippen molar-refractivity contribution in [1.82, 2.24) is 0 Å². The van der Waals surface area contributed by atoms with Crippen molar-refractivity contribution in [3.8, 4) is 0 Å². The van der Waals surface area contributed by atoms with Gasteiger partial charge in [-0.3, -0.25) is 0 Å². The topological polar surface area (TPSA) is 20.2 Å². The minimum atomic E-state index is -0.0611. The van der Waals surface area contributed by atoms with E-state index in [1.165, 1.54) is 12.8 Å². The molecule has 62 valence electrons. The Morgan fingerprint density at radius 3 is 2.10 bits per heavy atom.